The van der Waals surface area contributed by atoms with E-state index in [2.05, 4.69) is 21.0 Å². The number of aliphatic hydroxyl groups excluding tert-OH is 1. The van der Waals surface area contributed by atoms with Crippen molar-refractivity contribution in [2.75, 3.05) is 0 Å². The fourth-order valence-corrected chi connectivity index (χ4v) is 2.06. The second-order valence-electron chi connectivity index (χ2n) is 4.94. The van der Waals surface area contributed by atoms with E-state index in [0.717, 1.165) is 24.5 Å². The summed E-state index contributed by atoms with van der Waals surface area (Å²) in [6.45, 7) is 7.82. The topological polar surface area (TPSA) is 43.0 Å². The van der Waals surface area contributed by atoms with Gasteiger partial charge in [-0.2, -0.15) is 0 Å². The summed E-state index contributed by atoms with van der Waals surface area (Å²) >= 11 is 0. The van der Waals surface area contributed by atoms with Crippen molar-refractivity contribution in [3.63, 3.8) is 0 Å². The largest absolute Gasteiger partial charge is 0.388 e. The van der Waals surface area contributed by atoms with Crippen LogP contribution in [0.25, 0.3) is 0 Å². The molecule has 0 aromatic carbocycles. The molecule has 2 aromatic heterocycles. The van der Waals surface area contributed by atoms with Gasteiger partial charge in [-0.15, -0.1) is 0 Å². The molecule has 2 rings (SSSR count). The van der Waals surface area contributed by atoms with Gasteiger partial charge in [0.2, 0.25) is 0 Å². The van der Waals surface area contributed by atoms with E-state index < -0.39 is 6.10 Å². The predicted octanol–water partition coefficient (Wildman–Crippen LogP) is 2.44. The molecule has 2 heterocycles. The number of hydrogen-bond donors (Lipinski definition) is 1. The molecule has 0 bridgehead atoms. The predicted molar refractivity (Wildman–Crippen MR) is 71.2 cm³/mol. The van der Waals surface area contributed by atoms with Crippen molar-refractivity contribution in [3.8, 4) is 0 Å². The van der Waals surface area contributed by atoms with E-state index in [0.29, 0.717) is 0 Å². The van der Waals surface area contributed by atoms with E-state index in [1.54, 1.807) is 0 Å². The average molecular weight is 247 g/mol. The highest BCUT2D eigenvalue weighted by Crippen LogP contribution is 2.21. The molecule has 1 N–H and O–H groups in total. The van der Waals surface area contributed by atoms with Crippen LogP contribution in [0.5, 0.6) is 0 Å². The first-order valence-electron chi connectivity index (χ1n) is 6.45. The van der Waals surface area contributed by atoms with Crippen LogP contribution >= 0.6 is 0 Å². The van der Waals surface area contributed by atoms with Crippen LogP contribution in [0.3, 0.4) is 0 Å². The fourth-order valence-electron chi connectivity index (χ4n) is 2.06. The summed E-state index contributed by atoms with van der Waals surface area (Å²) in [5.74, 6) is 1.28. The number of nitrogens with zero attached hydrogens (tertiary/aromatic N) is 3. The lowest BCUT2D eigenvalue weighted by atomic mass is 10.0. The molecule has 0 aliphatic carbocycles. The molecule has 2 aromatic rings. The zero-order chi connectivity index (χ0) is 13.1. The second-order valence-corrected chi connectivity index (χ2v) is 4.94. The van der Waals surface area contributed by atoms with Gasteiger partial charge in [-0.25, -0.2) is 4.98 Å². The smallest absolute Gasteiger partial charge is 0.128 e. The number of aryl methyl sites for hydroxylation is 1. The Labute approximate surface area is 108 Å². The third-order valence-electron chi connectivity index (χ3n) is 3.21. The highest BCUT2D eigenvalue weighted by Gasteiger charge is 2.13. The molecule has 1 atom stereocenters. The van der Waals surface area contributed by atoms with E-state index >= 15 is 0 Å². The minimum Gasteiger partial charge on any atom is -0.388 e. The van der Waals surface area contributed by atoms with Crippen LogP contribution in [-0.2, 0) is 13.1 Å². The SMILES string of the molecule is CCn1ccnc1Cn1ccc(C(O)C(C)C)c1. The third kappa shape index (κ3) is 2.64. The van der Waals surface area contributed by atoms with E-state index in [-0.39, 0.29) is 5.92 Å². The Bertz CT molecular complexity index is 499. The molecule has 0 aliphatic rings. The molecule has 4 nitrogen and oxygen atoms in total. The van der Waals surface area contributed by atoms with E-state index in [9.17, 15) is 5.11 Å². The van der Waals surface area contributed by atoms with Crippen LogP contribution in [0, 0.1) is 5.92 Å². The van der Waals surface area contributed by atoms with Crippen LogP contribution in [0.2, 0.25) is 0 Å². The lowest BCUT2D eigenvalue weighted by Crippen LogP contribution is -2.07. The number of aromatic nitrogens is 3. The summed E-state index contributed by atoms with van der Waals surface area (Å²) in [5.41, 5.74) is 0.972. The lowest BCUT2D eigenvalue weighted by Gasteiger charge is -2.12. The number of hydrogen-bond acceptors (Lipinski definition) is 2. The zero-order valence-electron chi connectivity index (χ0n) is 11.2. The first kappa shape index (κ1) is 12.9. The van der Waals surface area contributed by atoms with Gasteiger partial charge in [-0.1, -0.05) is 13.8 Å². The van der Waals surface area contributed by atoms with E-state index in [4.69, 9.17) is 0 Å². The van der Waals surface area contributed by atoms with Gasteiger partial charge in [-0.3, -0.25) is 0 Å². The monoisotopic (exact) mass is 247 g/mol. The van der Waals surface area contributed by atoms with Gasteiger partial charge in [-0.05, 0) is 24.5 Å². The minimum absolute atomic E-state index is 0.235. The Kier molecular flexibility index (Phi) is 3.87. The standard InChI is InChI=1S/C14H21N3O/c1-4-17-8-6-15-13(17)10-16-7-5-12(9-16)14(18)11(2)3/h5-9,11,14,18H,4,10H2,1-3H3. The molecule has 0 saturated heterocycles. The van der Waals surface area contributed by atoms with Crippen molar-refractivity contribution in [3.05, 3.63) is 42.2 Å². The van der Waals surface area contributed by atoms with Gasteiger partial charge in [0.05, 0.1) is 12.6 Å². The molecule has 0 amide bonds. The maximum absolute atomic E-state index is 10.0. The Hall–Kier alpha value is -1.55. The van der Waals surface area contributed by atoms with Crippen LogP contribution in [0.4, 0.5) is 0 Å². The van der Waals surface area contributed by atoms with Crippen LogP contribution in [0.15, 0.2) is 30.9 Å². The molecular weight excluding hydrogens is 226 g/mol. The number of aliphatic hydroxyl groups is 1. The van der Waals surface area contributed by atoms with Gasteiger partial charge in [0, 0.05) is 31.3 Å². The van der Waals surface area contributed by atoms with E-state index in [1.165, 1.54) is 0 Å². The lowest BCUT2D eigenvalue weighted by molar-refractivity contribution is 0.127. The van der Waals surface area contributed by atoms with Gasteiger partial charge in [0.25, 0.3) is 0 Å². The van der Waals surface area contributed by atoms with Crippen molar-refractivity contribution < 1.29 is 5.11 Å². The Balaban J connectivity index is 2.11. The molecule has 0 radical (unpaired) electrons. The quantitative estimate of drug-likeness (QED) is 0.882. The number of rotatable bonds is 5. The number of imidazole rings is 1. The first-order chi connectivity index (χ1) is 8.61. The van der Waals surface area contributed by atoms with Crippen molar-refractivity contribution in [1.29, 1.82) is 0 Å². The highest BCUT2D eigenvalue weighted by atomic mass is 16.3. The molecule has 4 heteroatoms. The second kappa shape index (κ2) is 5.40. The fraction of sp³-hybridized carbons (Fsp3) is 0.500. The third-order valence-corrected chi connectivity index (χ3v) is 3.21. The summed E-state index contributed by atoms with van der Waals surface area (Å²) in [7, 11) is 0. The zero-order valence-corrected chi connectivity index (χ0v) is 11.2. The van der Waals surface area contributed by atoms with Gasteiger partial charge in [0.1, 0.15) is 5.82 Å². The van der Waals surface area contributed by atoms with Crippen LogP contribution in [0.1, 0.15) is 38.3 Å². The summed E-state index contributed by atoms with van der Waals surface area (Å²) in [5, 5.41) is 10.0. The molecule has 18 heavy (non-hydrogen) atoms. The average Bonchev–Trinajstić information content (AvgIpc) is 2.97. The summed E-state index contributed by atoms with van der Waals surface area (Å²) in [4.78, 5) is 4.35. The molecule has 98 valence electrons. The van der Waals surface area contributed by atoms with Crippen LogP contribution in [-0.4, -0.2) is 19.2 Å². The van der Waals surface area contributed by atoms with Gasteiger partial charge in [0.15, 0.2) is 0 Å². The van der Waals surface area contributed by atoms with Crippen molar-refractivity contribution >= 4 is 0 Å². The summed E-state index contributed by atoms with van der Waals surface area (Å²) in [6, 6.07) is 1.98. The normalized spacial score (nSPS) is 13.2. The summed E-state index contributed by atoms with van der Waals surface area (Å²) in [6.07, 6.45) is 7.42. The Morgan fingerprint density at radius 3 is 2.78 bits per heavy atom. The Morgan fingerprint density at radius 2 is 2.11 bits per heavy atom. The molecular formula is C14H21N3O. The molecule has 0 spiro atoms. The minimum atomic E-state index is -0.392. The van der Waals surface area contributed by atoms with E-state index in [1.807, 2.05) is 44.7 Å². The van der Waals surface area contributed by atoms with Gasteiger partial charge < -0.3 is 14.2 Å². The maximum Gasteiger partial charge on any atom is 0.128 e. The van der Waals surface area contributed by atoms with Crippen molar-refractivity contribution in [1.82, 2.24) is 14.1 Å². The van der Waals surface area contributed by atoms with Crippen molar-refractivity contribution in [2.24, 2.45) is 5.92 Å². The highest BCUT2D eigenvalue weighted by molar-refractivity contribution is 5.15. The Morgan fingerprint density at radius 1 is 1.33 bits per heavy atom. The van der Waals surface area contributed by atoms with Gasteiger partial charge >= 0.3 is 0 Å². The first-order valence-corrected chi connectivity index (χ1v) is 6.45. The van der Waals surface area contributed by atoms with Crippen molar-refractivity contribution in [2.45, 2.75) is 40.0 Å². The maximum atomic E-state index is 10.0. The molecule has 0 aliphatic heterocycles. The molecule has 0 saturated carbocycles. The molecule has 1 unspecified atom stereocenters. The molecule has 0 fully saturated rings. The summed E-state index contributed by atoms with van der Waals surface area (Å²) < 4.78 is 4.19. The van der Waals surface area contributed by atoms with Crippen LogP contribution < -0.4 is 0 Å².